The van der Waals surface area contributed by atoms with Crippen molar-refractivity contribution in [3.63, 3.8) is 0 Å². The van der Waals surface area contributed by atoms with Gasteiger partial charge in [-0.1, -0.05) is 26.8 Å². The van der Waals surface area contributed by atoms with E-state index in [2.05, 4.69) is 49.5 Å². The summed E-state index contributed by atoms with van der Waals surface area (Å²) in [6.07, 6.45) is 11.2. The molecule has 0 atom stereocenters. The summed E-state index contributed by atoms with van der Waals surface area (Å²) in [5, 5.41) is 1.11. The van der Waals surface area contributed by atoms with Crippen LogP contribution in [0.2, 0.25) is 0 Å². The average Bonchev–Trinajstić information content (AvgIpc) is 3.36. The van der Waals surface area contributed by atoms with E-state index in [-0.39, 0.29) is 11.7 Å². The number of ether oxygens (including phenoxy) is 1. The van der Waals surface area contributed by atoms with Crippen molar-refractivity contribution in [2.75, 3.05) is 24.6 Å². The number of carbonyl (C=O) groups is 1. The van der Waals surface area contributed by atoms with Crippen molar-refractivity contribution >= 4 is 22.6 Å². The molecular formula is C30H35N5O2. The Balaban J connectivity index is 1.15. The van der Waals surface area contributed by atoms with E-state index in [1.807, 2.05) is 50.6 Å². The first-order valence-corrected chi connectivity index (χ1v) is 13.3. The van der Waals surface area contributed by atoms with Gasteiger partial charge in [0.2, 0.25) is 5.95 Å². The number of pyridine rings is 1. The van der Waals surface area contributed by atoms with E-state index in [0.29, 0.717) is 18.9 Å². The van der Waals surface area contributed by atoms with Gasteiger partial charge in [0, 0.05) is 49.4 Å². The van der Waals surface area contributed by atoms with E-state index < -0.39 is 0 Å². The van der Waals surface area contributed by atoms with Crippen molar-refractivity contribution in [3.05, 3.63) is 72.3 Å². The molecule has 4 aromatic rings. The molecule has 37 heavy (non-hydrogen) atoms. The molecule has 0 bridgehead atoms. The minimum Gasteiger partial charge on any atom is -0.492 e. The largest absolute Gasteiger partial charge is 0.492 e. The van der Waals surface area contributed by atoms with Crippen LogP contribution in [0.4, 0.5) is 5.95 Å². The lowest BCUT2D eigenvalue weighted by Crippen LogP contribution is -2.36. The summed E-state index contributed by atoms with van der Waals surface area (Å²) in [6.45, 7) is 8.60. The molecule has 7 heteroatoms. The van der Waals surface area contributed by atoms with Crippen LogP contribution < -0.4 is 9.64 Å². The number of benzene rings is 1. The molecule has 0 aliphatic carbocycles. The van der Waals surface area contributed by atoms with Crippen molar-refractivity contribution < 1.29 is 9.53 Å². The van der Waals surface area contributed by atoms with E-state index in [0.717, 1.165) is 66.3 Å². The first-order valence-electron chi connectivity index (χ1n) is 13.3. The predicted molar refractivity (Wildman–Crippen MR) is 146 cm³/mol. The molecule has 1 aliphatic heterocycles. The summed E-state index contributed by atoms with van der Waals surface area (Å²) < 4.78 is 8.16. The molecule has 0 saturated carbocycles. The number of piperidine rings is 1. The van der Waals surface area contributed by atoms with Crippen LogP contribution in [-0.4, -0.2) is 45.0 Å². The average molecular weight is 498 g/mol. The highest BCUT2D eigenvalue weighted by Crippen LogP contribution is 2.24. The van der Waals surface area contributed by atoms with Gasteiger partial charge in [0.1, 0.15) is 17.4 Å². The lowest BCUT2D eigenvalue weighted by molar-refractivity contribution is -0.121. The molecule has 1 saturated heterocycles. The molecule has 5 rings (SSSR count). The minimum atomic E-state index is 0.0519. The predicted octanol–water partition coefficient (Wildman–Crippen LogP) is 5.44. The van der Waals surface area contributed by atoms with Crippen LogP contribution in [0.5, 0.6) is 5.75 Å². The highest BCUT2D eigenvalue weighted by molar-refractivity contribution is 5.86. The maximum atomic E-state index is 12.1. The number of hydrogen-bond acceptors (Lipinski definition) is 6. The molecule has 0 amide bonds. The third-order valence-electron chi connectivity index (χ3n) is 7.23. The number of carbonyl (C=O) groups excluding carboxylic acids is 1. The van der Waals surface area contributed by atoms with Crippen LogP contribution in [0.15, 0.2) is 61.2 Å². The number of anilines is 1. The Bertz CT molecular complexity index is 1340. The molecule has 1 fully saturated rings. The number of nitrogens with zero attached hydrogens (tertiary/aromatic N) is 5. The fourth-order valence-electron chi connectivity index (χ4n) is 4.71. The van der Waals surface area contributed by atoms with Gasteiger partial charge < -0.3 is 14.2 Å². The van der Waals surface area contributed by atoms with Crippen molar-refractivity contribution in [1.82, 2.24) is 19.5 Å². The highest BCUT2D eigenvalue weighted by Gasteiger charge is 2.21. The third kappa shape index (κ3) is 5.82. The molecule has 0 N–H and O–H groups in total. The first-order chi connectivity index (χ1) is 18.0. The number of Topliss-reactive ketones (excluding diaryl/α,β-unsaturated/α-hetero) is 1. The van der Waals surface area contributed by atoms with Gasteiger partial charge in [0.05, 0.1) is 18.3 Å². The van der Waals surface area contributed by atoms with E-state index in [1.165, 1.54) is 5.56 Å². The van der Waals surface area contributed by atoms with Gasteiger partial charge in [0.15, 0.2) is 0 Å². The Morgan fingerprint density at radius 1 is 1.00 bits per heavy atom. The lowest BCUT2D eigenvalue weighted by atomic mass is 9.98. The topological polar surface area (TPSA) is 73.1 Å². The summed E-state index contributed by atoms with van der Waals surface area (Å²) in [6, 6.07) is 12.3. The summed E-state index contributed by atoms with van der Waals surface area (Å²) in [7, 11) is 0. The Hall–Kier alpha value is -3.74. The summed E-state index contributed by atoms with van der Waals surface area (Å²) >= 11 is 0. The fourth-order valence-corrected chi connectivity index (χ4v) is 4.71. The van der Waals surface area contributed by atoms with Crippen LogP contribution in [0.25, 0.3) is 16.7 Å². The van der Waals surface area contributed by atoms with E-state index in [1.54, 1.807) is 6.20 Å². The van der Waals surface area contributed by atoms with Crippen LogP contribution in [0.3, 0.4) is 0 Å². The minimum absolute atomic E-state index is 0.0519. The molecule has 192 valence electrons. The second kappa shape index (κ2) is 11.1. The van der Waals surface area contributed by atoms with E-state index in [9.17, 15) is 4.79 Å². The molecule has 0 radical (unpaired) electrons. The van der Waals surface area contributed by atoms with Gasteiger partial charge in [-0.05, 0) is 66.6 Å². The van der Waals surface area contributed by atoms with Crippen LogP contribution in [0.1, 0.15) is 44.7 Å². The number of ketones is 1. The molecule has 1 aromatic carbocycles. The molecule has 0 spiro atoms. The van der Waals surface area contributed by atoms with Gasteiger partial charge >= 0.3 is 0 Å². The molecule has 3 aromatic heterocycles. The van der Waals surface area contributed by atoms with Crippen molar-refractivity contribution in [1.29, 1.82) is 0 Å². The second-order valence-electron chi connectivity index (χ2n) is 10.2. The molecule has 7 nitrogen and oxygen atoms in total. The van der Waals surface area contributed by atoms with Crippen molar-refractivity contribution in [3.8, 4) is 11.6 Å². The summed E-state index contributed by atoms with van der Waals surface area (Å²) in [5.74, 6) is 3.28. The quantitative estimate of drug-likeness (QED) is 0.307. The molecule has 1 aliphatic rings. The van der Waals surface area contributed by atoms with Crippen LogP contribution >= 0.6 is 0 Å². The smallest absolute Gasteiger partial charge is 0.225 e. The summed E-state index contributed by atoms with van der Waals surface area (Å²) in [4.78, 5) is 28.1. The zero-order valence-electron chi connectivity index (χ0n) is 21.9. The maximum Gasteiger partial charge on any atom is 0.225 e. The third-order valence-corrected chi connectivity index (χ3v) is 7.23. The van der Waals surface area contributed by atoms with Gasteiger partial charge in [-0.2, -0.15) is 0 Å². The molecule has 4 heterocycles. The molecule has 0 unspecified atom stereocenters. The van der Waals surface area contributed by atoms with Gasteiger partial charge in [-0.25, -0.2) is 15.0 Å². The Kier molecular flexibility index (Phi) is 7.49. The zero-order chi connectivity index (χ0) is 25.8. The summed E-state index contributed by atoms with van der Waals surface area (Å²) in [5.41, 5.74) is 3.29. The normalized spacial score (nSPS) is 14.4. The standard InChI is InChI=1S/C30H35N5O2/c1-4-22-17-32-30(33-18-22)34-12-9-23(10-13-34)20-37-26-6-8-29(31-19-26)35-14-11-25-15-24(5-7-27(25)35)16-28(36)21(2)3/h5-8,11,14-15,17-19,21,23H,4,9-10,12-13,16,20H2,1-3H3. The lowest BCUT2D eigenvalue weighted by Gasteiger charge is -2.31. The first kappa shape index (κ1) is 24.9. The van der Waals surface area contributed by atoms with Gasteiger partial charge in [0.25, 0.3) is 0 Å². The zero-order valence-corrected chi connectivity index (χ0v) is 21.9. The Morgan fingerprint density at radius 3 is 2.46 bits per heavy atom. The van der Waals surface area contributed by atoms with Gasteiger partial charge in [-0.15, -0.1) is 0 Å². The van der Waals surface area contributed by atoms with Gasteiger partial charge in [-0.3, -0.25) is 4.79 Å². The number of aryl methyl sites for hydroxylation is 1. The van der Waals surface area contributed by atoms with E-state index in [4.69, 9.17) is 4.74 Å². The Labute approximate surface area is 218 Å². The SMILES string of the molecule is CCc1cnc(N2CCC(COc3ccc(-n4ccc5cc(CC(=O)C(C)C)ccc54)nc3)CC2)nc1. The highest BCUT2D eigenvalue weighted by atomic mass is 16.5. The number of rotatable bonds is 9. The number of hydrogen-bond donors (Lipinski definition) is 0. The fraction of sp³-hybridized carbons (Fsp3) is 0.400. The van der Waals surface area contributed by atoms with E-state index >= 15 is 0 Å². The maximum absolute atomic E-state index is 12.1. The second-order valence-corrected chi connectivity index (χ2v) is 10.2. The molecular weight excluding hydrogens is 462 g/mol. The monoisotopic (exact) mass is 497 g/mol. The number of fused-ring (bicyclic) bond motifs is 1. The van der Waals surface area contributed by atoms with Crippen LogP contribution in [-0.2, 0) is 17.6 Å². The van der Waals surface area contributed by atoms with Crippen molar-refractivity contribution in [2.45, 2.75) is 46.5 Å². The Morgan fingerprint density at radius 2 is 1.78 bits per heavy atom. The van der Waals surface area contributed by atoms with Crippen molar-refractivity contribution in [2.24, 2.45) is 11.8 Å². The van der Waals surface area contributed by atoms with Crippen LogP contribution in [0, 0.1) is 11.8 Å². The number of aromatic nitrogens is 4.